The van der Waals surface area contributed by atoms with Gasteiger partial charge in [0.15, 0.2) is 0 Å². The lowest BCUT2D eigenvalue weighted by Gasteiger charge is -2.50. The zero-order valence-electron chi connectivity index (χ0n) is 22.3. The Morgan fingerprint density at radius 2 is 0.853 bits per heavy atom. The Morgan fingerprint density at radius 1 is 0.500 bits per heavy atom. The zero-order valence-corrected chi connectivity index (χ0v) is 22.3. The molecule has 0 aliphatic carbocycles. The number of nitrogens with one attached hydrogen (secondary N) is 2. The molecule has 2 N–H and O–H groups in total. The molecule has 0 atom stereocenters. The molecule has 196 valence electrons. The number of quaternary nitrogens is 2. The van der Waals surface area contributed by atoms with E-state index in [9.17, 15) is 0 Å². The van der Waals surface area contributed by atoms with Gasteiger partial charge in [0.25, 0.3) is 0 Å². The zero-order chi connectivity index (χ0) is 23.1. The van der Waals surface area contributed by atoms with Crippen molar-refractivity contribution in [2.75, 3.05) is 105 Å². The maximum Gasteiger partial charge on any atom is 0.0918 e. The molecule has 0 saturated carbocycles. The van der Waals surface area contributed by atoms with Crippen LogP contribution in [-0.4, -0.2) is 136 Å². The number of piperidine rings is 4. The molecule has 0 unspecified atom stereocenters. The molecule has 5 fully saturated rings. The molecular weight excluding hydrogens is 420 g/mol. The molecule has 5 aliphatic rings. The predicted molar refractivity (Wildman–Crippen MR) is 142 cm³/mol. The summed E-state index contributed by atoms with van der Waals surface area (Å²) in [5, 5.41) is 7.22. The molecular formula is C28H56N6+2. The molecule has 0 bridgehead atoms. The van der Waals surface area contributed by atoms with E-state index in [-0.39, 0.29) is 0 Å². The third kappa shape index (κ3) is 6.18. The van der Waals surface area contributed by atoms with Gasteiger partial charge in [-0.15, -0.1) is 0 Å². The highest BCUT2D eigenvalue weighted by atomic mass is 15.4. The second kappa shape index (κ2) is 12.3. The van der Waals surface area contributed by atoms with E-state index in [1.165, 1.54) is 178 Å². The van der Waals surface area contributed by atoms with E-state index in [4.69, 9.17) is 0 Å². The predicted octanol–water partition coefficient (Wildman–Crippen LogP) is 2.11. The van der Waals surface area contributed by atoms with Gasteiger partial charge < -0.3 is 19.6 Å². The number of piperazine rings is 1. The van der Waals surface area contributed by atoms with Gasteiger partial charge in [0, 0.05) is 91.1 Å². The fourth-order valence-electron chi connectivity index (χ4n) is 8.45. The number of rotatable bonds is 8. The Morgan fingerprint density at radius 3 is 1.21 bits per heavy atom. The molecule has 0 aromatic carbocycles. The van der Waals surface area contributed by atoms with E-state index in [2.05, 4.69) is 20.4 Å². The molecule has 0 aromatic rings. The summed E-state index contributed by atoms with van der Waals surface area (Å²) in [6, 6.07) is 1.87. The number of likely N-dealkylation sites (tertiary alicyclic amines) is 2. The third-order valence-corrected chi connectivity index (χ3v) is 10.8. The van der Waals surface area contributed by atoms with Crippen LogP contribution in [0.3, 0.4) is 0 Å². The molecule has 5 saturated heterocycles. The van der Waals surface area contributed by atoms with Crippen molar-refractivity contribution in [2.45, 2.75) is 76.3 Å². The standard InChI is InChI=1S/C28H56N6/c1-3-21-33(22-4-1,27-7-11-29-12-8-27)25-19-31-15-17-32(18-16-31)20-26-34(23-5-2-6-24-34)28-9-13-30-14-10-28/h27-30H,1-26H2/q+2. The molecule has 0 radical (unpaired) electrons. The minimum Gasteiger partial charge on any atom is -0.320 e. The second-order valence-electron chi connectivity index (χ2n) is 12.5. The van der Waals surface area contributed by atoms with Crippen LogP contribution in [-0.2, 0) is 0 Å². The molecule has 6 heteroatoms. The highest BCUT2D eigenvalue weighted by Crippen LogP contribution is 2.29. The lowest BCUT2D eigenvalue weighted by molar-refractivity contribution is -0.956. The van der Waals surface area contributed by atoms with Crippen molar-refractivity contribution in [3.05, 3.63) is 0 Å². The molecule has 34 heavy (non-hydrogen) atoms. The van der Waals surface area contributed by atoms with Crippen LogP contribution in [0.2, 0.25) is 0 Å². The lowest BCUT2D eigenvalue weighted by Crippen LogP contribution is -2.64. The van der Waals surface area contributed by atoms with Crippen LogP contribution in [0.25, 0.3) is 0 Å². The van der Waals surface area contributed by atoms with Crippen LogP contribution in [0.1, 0.15) is 64.2 Å². The van der Waals surface area contributed by atoms with Gasteiger partial charge in [-0.3, -0.25) is 9.80 Å². The Bertz CT molecular complexity index is 528. The van der Waals surface area contributed by atoms with Gasteiger partial charge in [0.05, 0.1) is 51.4 Å². The van der Waals surface area contributed by atoms with Crippen LogP contribution < -0.4 is 10.6 Å². The molecule has 5 heterocycles. The SMILES string of the molecule is C1CC[N+](CCN2CCN(CC[N+]3(C4CCNCC4)CCCCC3)CC2)(C2CCNCC2)CC1. The quantitative estimate of drug-likeness (QED) is 0.526. The first-order valence-electron chi connectivity index (χ1n) is 15.4. The number of nitrogens with zero attached hydrogens (tertiary/aromatic N) is 4. The van der Waals surface area contributed by atoms with E-state index in [0.717, 1.165) is 12.1 Å². The van der Waals surface area contributed by atoms with E-state index in [1.54, 1.807) is 0 Å². The van der Waals surface area contributed by atoms with Crippen molar-refractivity contribution in [1.82, 2.24) is 20.4 Å². The average molecular weight is 477 g/mol. The monoisotopic (exact) mass is 476 g/mol. The molecule has 5 aliphatic heterocycles. The molecule has 6 nitrogen and oxygen atoms in total. The van der Waals surface area contributed by atoms with E-state index in [1.807, 2.05) is 0 Å². The van der Waals surface area contributed by atoms with E-state index in [0.29, 0.717) is 0 Å². The lowest BCUT2D eigenvalue weighted by atomic mass is 9.96. The minimum atomic E-state index is 0.933. The summed E-state index contributed by atoms with van der Waals surface area (Å²) in [5.74, 6) is 0. The summed E-state index contributed by atoms with van der Waals surface area (Å²) in [6.07, 6.45) is 14.4. The van der Waals surface area contributed by atoms with Gasteiger partial charge >= 0.3 is 0 Å². The Hall–Kier alpha value is -0.240. The Balaban J connectivity index is 1.08. The van der Waals surface area contributed by atoms with Crippen LogP contribution in [0.4, 0.5) is 0 Å². The van der Waals surface area contributed by atoms with Gasteiger partial charge in [-0.2, -0.15) is 0 Å². The summed E-state index contributed by atoms with van der Waals surface area (Å²) in [4.78, 5) is 5.65. The minimum absolute atomic E-state index is 0.933. The molecule has 0 spiro atoms. The largest absolute Gasteiger partial charge is 0.320 e. The normalized spacial score (nSPS) is 30.4. The summed E-state index contributed by atoms with van der Waals surface area (Å²) in [7, 11) is 0. The summed E-state index contributed by atoms with van der Waals surface area (Å²) in [5.41, 5.74) is 0. The maximum atomic E-state index is 3.61. The molecule has 5 rings (SSSR count). The van der Waals surface area contributed by atoms with Crippen molar-refractivity contribution in [3.8, 4) is 0 Å². The van der Waals surface area contributed by atoms with Gasteiger partial charge in [-0.25, -0.2) is 0 Å². The molecule has 0 amide bonds. The van der Waals surface area contributed by atoms with Crippen LogP contribution >= 0.6 is 0 Å². The van der Waals surface area contributed by atoms with Crippen molar-refractivity contribution in [2.24, 2.45) is 0 Å². The van der Waals surface area contributed by atoms with Crippen LogP contribution in [0.5, 0.6) is 0 Å². The van der Waals surface area contributed by atoms with Gasteiger partial charge in [0.2, 0.25) is 0 Å². The van der Waals surface area contributed by atoms with Crippen molar-refractivity contribution < 1.29 is 8.97 Å². The third-order valence-electron chi connectivity index (χ3n) is 10.8. The van der Waals surface area contributed by atoms with E-state index >= 15 is 0 Å². The fourth-order valence-corrected chi connectivity index (χ4v) is 8.45. The molecule has 0 aromatic heterocycles. The van der Waals surface area contributed by atoms with Gasteiger partial charge in [-0.1, -0.05) is 0 Å². The first kappa shape index (κ1) is 25.4. The van der Waals surface area contributed by atoms with Crippen molar-refractivity contribution in [3.63, 3.8) is 0 Å². The van der Waals surface area contributed by atoms with E-state index < -0.39 is 0 Å². The fraction of sp³-hybridized carbons (Fsp3) is 1.00. The Labute approximate surface area is 210 Å². The number of hydrogen-bond donors (Lipinski definition) is 2. The van der Waals surface area contributed by atoms with Crippen LogP contribution in [0.15, 0.2) is 0 Å². The maximum absolute atomic E-state index is 3.61. The van der Waals surface area contributed by atoms with Crippen molar-refractivity contribution in [1.29, 1.82) is 0 Å². The second-order valence-corrected chi connectivity index (χ2v) is 12.5. The smallest absolute Gasteiger partial charge is 0.0918 e. The van der Waals surface area contributed by atoms with Crippen LogP contribution in [0, 0.1) is 0 Å². The average Bonchev–Trinajstić information content (AvgIpc) is 2.93. The Kier molecular flexibility index (Phi) is 9.22. The first-order valence-corrected chi connectivity index (χ1v) is 15.4. The van der Waals surface area contributed by atoms with Gasteiger partial charge in [-0.05, 0) is 38.5 Å². The summed E-state index contributed by atoms with van der Waals surface area (Å²) in [6.45, 7) is 21.6. The topological polar surface area (TPSA) is 30.5 Å². The first-order chi connectivity index (χ1) is 16.8. The van der Waals surface area contributed by atoms with Crippen molar-refractivity contribution >= 4 is 0 Å². The highest BCUT2D eigenvalue weighted by Gasteiger charge is 2.40. The van der Waals surface area contributed by atoms with Gasteiger partial charge in [0.1, 0.15) is 0 Å². The highest BCUT2D eigenvalue weighted by molar-refractivity contribution is 4.77. The summed E-state index contributed by atoms with van der Waals surface area (Å²) >= 11 is 0. The summed E-state index contributed by atoms with van der Waals surface area (Å²) < 4.78 is 2.91. The number of hydrogen-bond acceptors (Lipinski definition) is 4.